The molecule has 0 aromatic heterocycles. The van der Waals surface area contributed by atoms with E-state index >= 15 is 0 Å². The molecule has 0 radical (unpaired) electrons. The zero-order valence-electron chi connectivity index (χ0n) is 18.4. The molecule has 8 heteroatoms. The number of hydrogen-bond donors (Lipinski definition) is 4. The first-order valence-corrected chi connectivity index (χ1v) is 10.3. The van der Waals surface area contributed by atoms with Crippen LogP contribution in [0.25, 0.3) is 0 Å². The summed E-state index contributed by atoms with van der Waals surface area (Å²) in [5.41, 5.74) is 2.71. The molecule has 0 aliphatic carbocycles. The minimum atomic E-state index is -0.0899. The van der Waals surface area contributed by atoms with E-state index in [1.807, 2.05) is 43.3 Å². The van der Waals surface area contributed by atoms with Crippen LogP contribution in [0.4, 0.5) is 0 Å². The summed E-state index contributed by atoms with van der Waals surface area (Å²) in [6, 6.07) is 13.2. The predicted octanol–water partition coefficient (Wildman–Crippen LogP) is 1.72. The van der Waals surface area contributed by atoms with E-state index in [4.69, 9.17) is 14.6 Å². The molecular weight excluding hydrogens is 396 g/mol. The van der Waals surface area contributed by atoms with Crippen LogP contribution in [0.1, 0.15) is 28.4 Å². The second kappa shape index (κ2) is 13.1. The summed E-state index contributed by atoms with van der Waals surface area (Å²) < 4.78 is 10.8. The van der Waals surface area contributed by atoms with Crippen molar-refractivity contribution in [3.63, 3.8) is 0 Å². The van der Waals surface area contributed by atoms with Gasteiger partial charge in [-0.1, -0.05) is 18.2 Å². The highest BCUT2D eigenvalue weighted by atomic mass is 16.5. The second-order valence-electron chi connectivity index (χ2n) is 6.71. The number of hydrogen-bond acceptors (Lipinski definition) is 5. The lowest BCUT2D eigenvalue weighted by molar-refractivity contribution is 0.0963. The Hall–Kier alpha value is -3.26. The zero-order valence-corrected chi connectivity index (χ0v) is 18.4. The first-order valence-electron chi connectivity index (χ1n) is 10.3. The molecule has 0 spiro atoms. The number of guanidine groups is 1. The molecule has 0 bridgehead atoms. The summed E-state index contributed by atoms with van der Waals surface area (Å²) in [6.45, 7) is 4.07. The maximum Gasteiger partial charge on any atom is 0.251 e. The van der Waals surface area contributed by atoms with Crippen molar-refractivity contribution in [3.05, 3.63) is 59.2 Å². The number of aliphatic imine (C=N–C) groups is 1. The Labute approximate surface area is 183 Å². The summed E-state index contributed by atoms with van der Waals surface area (Å²) >= 11 is 0. The number of carbonyl (C=O) groups is 1. The topological polar surface area (TPSA) is 104 Å². The Bertz CT molecular complexity index is 870. The van der Waals surface area contributed by atoms with Gasteiger partial charge in [-0.2, -0.15) is 0 Å². The van der Waals surface area contributed by atoms with Gasteiger partial charge in [0.15, 0.2) is 17.5 Å². The number of benzene rings is 2. The summed E-state index contributed by atoms with van der Waals surface area (Å²) in [5, 5.41) is 18.1. The molecule has 4 N–H and O–H groups in total. The van der Waals surface area contributed by atoms with Gasteiger partial charge in [0.1, 0.15) is 6.61 Å². The van der Waals surface area contributed by atoms with E-state index in [0.717, 1.165) is 24.1 Å². The molecule has 0 atom stereocenters. The van der Waals surface area contributed by atoms with Crippen LogP contribution in [-0.4, -0.2) is 57.4 Å². The van der Waals surface area contributed by atoms with Gasteiger partial charge >= 0.3 is 0 Å². The van der Waals surface area contributed by atoms with Gasteiger partial charge in [-0.25, -0.2) is 4.99 Å². The zero-order chi connectivity index (χ0) is 22.5. The average Bonchev–Trinajstić information content (AvgIpc) is 2.81. The summed E-state index contributed by atoms with van der Waals surface area (Å²) in [4.78, 5) is 16.4. The van der Waals surface area contributed by atoms with E-state index < -0.39 is 0 Å². The van der Waals surface area contributed by atoms with E-state index in [2.05, 4.69) is 20.9 Å². The summed E-state index contributed by atoms with van der Waals surface area (Å²) in [7, 11) is 3.21. The van der Waals surface area contributed by atoms with Crippen LogP contribution in [-0.2, 0) is 13.0 Å². The van der Waals surface area contributed by atoms with Crippen LogP contribution < -0.4 is 25.4 Å². The Morgan fingerprint density at radius 1 is 1.10 bits per heavy atom. The number of ether oxygens (including phenoxy) is 2. The number of aliphatic hydroxyl groups excluding tert-OH is 1. The minimum absolute atomic E-state index is 0.0526. The highest BCUT2D eigenvalue weighted by Crippen LogP contribution is 2.28. The molecule has 31 heavy (non-hydrogen) atoms. The first-order chi connectivity index (χ1) is 15.1. The van der Waals surface area contributed by atoms with Gasteiger partial charge in [-0.3, -0.25) is 4.79 Å². The van der Waals surface area contributed by atoms with Crippen molar-refractivity contribution in [1.29, 1.82) is 0 Å². The average molecular weight is 429 g/mol. The largest absolute Gasteiger partial charge is 0.493 e. The molecule has 1 amide bonds. The minimum Gasteiger partial charge on any atom is -0.493 e. The highest BCUT2D eigenvalue weighted by molar-refractivity contribution is 5.94. The number of nitrogens with one attached hydrogen (secondary N) is 3. The third-order valence-corrected chi connectivity index (χ3v) is 4.46. The van der Waals surface area contributed by atoms with E-state index in [9.17, 15) is 4.79 Å². The molecule has 168 valence electrons. The van der Waals surface area contributed by atoms with E-state index in [0.29, 0.717) is 36.1 Å². The number of aliphatic hydroxyl groups is 1. The lowest BCUT2D eigenvalue weighted by Gasteiger charge is -2.13. The molecule has 2 aromatic carbocycles. The van der Waals surface area contributed by atoms with E-state index in [1.165, 1.54) is 0 Å². The van der Waals surface area contributed by atoms with Gasteiger partial charge < -0.3 is 30.5 Å². The molecule has 2 aromatic rings. The number of amides is 1. The molecule has 0 saturated heterocycles. The van der Waals surface area contributed by atoms with Crippen molar-refractivity contribution in [3.8, 4) is 11.5 Å². The quantitative estimate of drug-likeness (QED) is 0.321. The molecule has 0 fully saturated rings. The Balaban J connectivity index is 1.97. The van der Waals surface area contributed by atoms with E-state index in [-0.39, 0.29) is 19.1 Å². The van der Waals surface area contributed by atoms with Crippen molar-refractivity contribution in [2.45, 2.75) is 19.9 Å². The lowest BCUT2D eigenvalue weighted by atomic mass is 10.1. The SMILES string of the molecule is CCNC(=NCc1ccc(OCCO)c(OC)c1)NCCc1cccc(C(=O)NC)c1. The maximum absolute atomic E-state index is 11.8. The molecule has 2 rings (SSSR count). The number of rotatable bonds is 11. The van der Waals surface area contributed by atoms with Gasteiger partial charge in [0.25, 0.3) is 5.91 Å². The summed E-state index contributed by atoms with van der Waals surface area (Å²) in [6.07, 6.45) is 0.764. The Morgan fingerprint density at radius 3 is 2.65 bits per heavy atom. The predicted molar refractivity (Wildman–Crippen MR) is 122 cm³/mol. The smallest absolute Gasteiger partial charge is 0.251 e. The molecular formula is C23H32N4O4. The molecule has 0 unspecified atom stereocenters. The Morgan fingerprint density at radius 2 is 1.94 bits per heavy atom. The van der Waals surface area contributed by atoms with Crippen LogP contribution in [0, 0.1) is 0 Å². The van der Waals surface area contributed by atoms with Crippen LogP contribution >= 0.6 is 0 Å². The standard InChI is InChI=1S/C23H32N4O4/c1-4-25-23(26-11-10-17-6-5-7-19(14-17)22(29)24-2)27-16-18-8-9-20(31-13-12-28)21(15-18)30-3/h5-9,14-15,28H,4,10-13,16H2,1-3H3,(H,24,29)(H2,25,26,27). The normalized spacial score (nSPS) is 11.0. The molecule has 0 heterocycles. The fraction of sp³-hybridized carbons (Fsp3) is 0.391. The second-order valence-corrected chi connectivity index (χ2v) is 6.71. The summed E-state index contributed by atoms with van der Waals surface area (Å²) in [5.74, 6) is 1.82. The van der Waals surface area contributed by atoms with Gasteiger partial charge in [-0.05, 0) is 48.7 Å². The lowest BCUT2D eigenvalue weighted by Crippen LogP contribution is -2.38. The monoisotopic (exact) mass is 428 g/mol. The van der Waals surface area contributed by atoms with Crippen LogP contribution in [0.15, 0.2) is 47.5 Å². The Kier molecular flexibility index (Phi) is 10.2. The number of carbonyl (C=O) groups excluding carboxylic acids is 1. The van der Waals surface area contributed by atoms with Crippen molar-refractivity contribution in [1.82, 2.24) is 16.0 Å². The van der Waals surface area contributed by atoms with Crippen LogP contribution in [0.5, 0.6) is 11.5 Å². The molecule has 0 saturated carbocycles. The molecule has 0 aliphatic heterocycles. The first kappa shape index (κ1) is 24.0. The van der Waals surface area contributed by atoms with Gasteiger partial charge in [0.05, 0.1) is 20.3 Å². The number of methoxy groups -OCH3 is 1. The van der Waals surface area contributed by atoms with Crippen molar-refractivity contribution in [2.24, 2.45) is 4.99 Å². The fourth-order valence-corrected chi connectivity index (χ4v) is 2.93. The van der Waals surface area contributed by atoms with Crippen molar-refractivity contribution >= 4 is 11.9 Å². The van der Waals surface area contributed by atoms with E-state index in [1.54, 1.807) is 20.2 Å². The maximum atomic E-state index is 11.8. The fourth-order valence-electron chi connectivity index (χ4n) is 2.93. The van der Waals surface area contributed by atoms with Crippen molar-refractivity contribution < 1.29 is 19.4 Å². The molecule has 8 nitrogen and oxygen atoms in total. The van der Waals surface area contributed by atoms with Crippen LogP contribution in [0.3, 0.4) is 0 Å². The highest BCUT2D eigenvalue weighted by Gasteiger charge is 2.07. The van der Waals surface area contributed by atoms with Crippen molar-refractivity contribution in [2.75, 3.05) is 40.5 Å². The van der Waals surface area contributed by atoms with Gasteiger partial charge in [-0.15, -0.1) is 0 Å². The number of nitrogens with zero attached hydrogens (tertiary/aromatic N) is 1. The third kappa shape index (κ3) is 7.82. The van der Waals surface area contributed by atoms with Crippen LogP contribution in [0.2, 0.25) is 0 Å². The molecule has 0 aliphatic rings. The van der Waals surface area contributed by atoms with Gasteiger partial charge in [0, 0.05) is 25.7 Å². The third-order valence-electron chi connectivity index (χ3n) is 4.46. The van der Waals surface area contributed by atoms with Gasteiger partial charge in [0.2, 0.25) is 0 Å².